The number of ether oxygens (including phenoxy) is 1. The quantitative estimate of drug-likeness (QED) is 0.413. The maximum absolute atomic E-state index is 12.2. The highest BCUT2D eigenvalue weighted by Crippen LogP contribution is 2.56. The number of rotatable bonds is 3. The van der Waals surface area contributed by atoms with Gasteiger partial charge in [-0.1, -0.05) is 20.8 Å². The summed E-state index contributed by atoms with van der Waals surface area (Å²) >= 11 is 0. The van der Waals surface area contributed by atoms with E-state index in [-0.39, 0.29) is 18.6 Å². The summed E-state index contributed by atoms with van der Waals surface area (Å²) in [6, 6.07) is 0. The molecule has 0 aromatic heterocycles. The zero-order chi connectivity index (χ0) is 11.4. The van der Waals surface area contributed by atoms with Crippen LogP contribution in [0.2, 0.25) is 0 Å². The first kappa shape index (κ1) is 13.3. The van der Waals surface area contributed by atoms with E-state index in [1.165, 1.54) is 7.11 Å². The normalized spacial score (nSPS) is 15.4. The van der Waals surface area contributed by atoms with Crippen molar-refractivity contribution in [2.24, 2.45) is 0 Å². The third-order valence-electron chi connectivity index (χ3n) is 2.15. The predicted octanol–water partition coefficient (Wildman–Crippen LogP) is 2.30. The molecule has 0 aromatic rings. The second kappa shape index (κ2) is 4.66. The van der Waals surface area contributed by atoms with Crippen LogP contribution in [0.15, 0.2) is 0 Å². The van der Waals surface area contributed by atoms with E-state index in [0.717, 1.165) is 0 Å². The summed E-state index contributed by atoms with van der Waals surface area (Å²) in [4.78, 5) is 10.9. The summed E-state index contributed by atoms with van der Waals surface area (Å²) in [6.07, 6.45) is 5.60. The lowest BCUT2D eigenvalue weighted by Gasteiger charge is -2.26. The largest absolute Gasteiger partial charge is 0.469 e. The smallest absolute Gasteiger partial charge is 0.306 e. The fourth-order valence-electron chi connectivity index (χ4n) is 0.944. The van der Waals surface area contributed by atoms with Crippen molar-refractivity contribution in [2.45, 2.75) is 32.3 Å². The van der Waals surface area contributed by atoms with Crippen LogP contribution in [0.3, 0.4) is 0 Å². The highest BCUT2D eigenvalue weighted by Gasteiger charge is 2.34. The molecule has 4 heteroatoms. The third kappa shape index (κ3) is 3.20. The first-order valence-electron chi connectivity index (χ1n) is 4.40. The van der Waals surface area contributed by atoms with Crippen molar-refractivity contribution in [3.63, 3.8) is 0 Å². The van der Waals surface area contributed by atoms with Gasteiger partial charge in [0, 0.05) is 11.3 Å². The van der Waals surface area contributed by atoms with Crippen LogP contribution in [0, 0.1) is 12.1 Å². The van der Waals surface area contributed by atoms with Gasteiger partial charge in [-0.15, -0.1) is 6.42 Å². The molecule has 0 fully saturated rings. The molecule has 0 amide bonds. The third-order valence-corrected chi connectivity index (χ3v) is 5.59. The number of esters is 1. The highest BCUT2D eigenvalue weighted by molar-refractivity contribution is 7.70. The van der Waals surface area contributed by atoms with Crippen molar-refractivity contribution in [3.8, 4) is 12.1 Å². The minimum Gasteiger partial charge on any atom is -0.469 e. The molecule has 14 heavy (non-hydrogen) atoms. The highest BCUT2D eigenvalue weighted by atomic mass is 31.2. The van der Waals surface area contributed by atoms with Gasteiger partial charge in [0.2, 0.25) is 0 Å². The van der Waals surface area contributed by atoms with Gasteiger partial charge in [0.1, 0.15) is 0 Å². The maximum Gasteiger partial charge on any atom is 0.306 e. The van der Waals surface area contributed by atoms with Gasteiger partial charge in [-0.2, -0.15) is 0 Å². The molecule has 0 rings (SSSR count). The molecule has 80 valence electrons. The molecule has 0 aromatic carbocycles. The van der Waals surface area contributed by atoms with Gasteiger partial charge >= 0.3 is 5.97 Å². The first-order chi connectivity index (χ1) is 6.27. The van der Waals surface area contributed by atoms with Gasteiger partial charge in [0.25, 0.3) is 0 Å². The van der Waals surface area contributed by atoms with E-state index in [0.29, 0.717) is 0 Å². The van der Waals surface area contributed by atoms with E-state index in [2.05, 4.69) is 10.4 Å². The number of methoxy groups -OCH3 is 1. The van der Waals surface area contributed by atoms with E-state index in [1.54, 1.807) is 0 Å². The molecule has 1 unspecified atom stereocenters. The van der Waals surface area contributed by atoms with Crippen LogP contribution in [-0.2, 0) is 14.1 Å². The number of terminal acetylenes is 1. The summed E-state index contributed by atoms with van der Waals surface area (Å²) < 4.78 is 16.7. The zero-order valence-corrected chi connectivity index (χ0v) is 10.1. The van der Waals surface area contributed by atoms with Crippen molar-refractivity contribution in [1.82, 2.24) is 0 Å². The molecule has 0 heterocycles. The Morgan fingerprint density at radius 3 is 2.29 bits per heavy atom. The van der Waals surface area contributed by atoms with E-state index < -0.39 is 12.3 Å². The Morgan fingerprint density at radius 2 is 2.00 bits per heavy atom. The summed E-state index contributed by atoms with van der Waals surface area (Å²) in [7, 11) is -1.42. The minimum atomic E-state index is -2.72. The Morgan fingerprint density at radius 1 is 1.50 bits per heavy atom. The number of carbonyl (C=O) groups is 1. The van der Waals surface area contributed by atoms with Crippen LogP contribution in [0.5, 0.6) is 0 Å². The van der Waals surface area contributed by atoms with Crippen LogP contribution in [0.25, 0.3) is 0 Å². The molecule has 0 bridgehead atoms. The molecular formula is C10H17O3P. The summed E-state index contributed by atoms with van der Waals surface area (Å²) in [5, 5.41) is -0.449. The van der Waals surface area contributed by atoms with Gasteiger partial charge in [0.05, 0.1) is 13.5 Å². The van der Waals surface area contributed by atoms with Gasteiger partial charge in [-0.25, -0.2) is 0 Å². The molecule has 0 N–H and O–H groups in total. The standard InChI is InChI=1S/C10H17O3P/c1-6-14(12,10(2,3)4)8-7-9(11)13-5/h1H,7-8H2,2-5H3. The SMILES string of the molecule is C#CP(=O)(CCC(=O)OC)C(C)(C)C. The summed E-state index contributed by atoms with van der Waals surface area (Å²) in [6.45, 7) is 5.47. The van der Waals surface area contributed by atoms with Crippen molar-refractivity contribution in [1.29, 1.82) is 0 Å². The Kier molecular flexibility index (Phi) is 4.42. The second-order valence-corrected chi connectivity index (χ2v) is 7.62. The van der Waals surface area contributed by atoms with E-state index in [1.807, 2.05) is 20.8 Å². The molecule has 0 radical (unpaired) electrons. The van der Waals surface area contributed by atoms with Crippen LogP contribution in [0.4, 0.5) is 0 Å². The van der Waals surface area contributed by atoms with Crippen LogP contribution < -0.4 is 0 Å². The van der Waals surface area contributed by atoms with Gasteiger partial charge in [-0.3, -0.25) is 4.79 Å². The van der Waals surface area contributed by atoms with Crippen molar-refractivity contribution < 1.29 is 14.1 Å². The Labute approximate surface area is 85.6 Å². The fraction of sp³-hybridized carbons (Fsp3) is 0.700. The first-order valence-corrected chi connectivity index (χ1v) is 6.30. The molecular weight excluding hydrogens is 199 g/mol. The molecule has 0 aliphatic heterocycles. The van der Waals surface area contributed by atoms with Crippen LogP contribution in [-0.4, -0.2) is 24.4 Å². The average molecular weight is 216 g/mol. The van der Waals surface area contributed by atoms with E-state index in [9.17, 15) is 9.36 Å². The minimum absolute atomic E-state index is 0.120. The van der Waals surface area contributed by atoms with Crippen molar-refractivity contribution in [3.05, 3.63) is 0 Å². The second-order valence-electron chi connectivity index (χ2n) is 4.09. The van der Waals surface area contributed by atoms with Gasteiger partial charge in [0.15, 0.2) is 7.14 Å². The van der Waals surface area contributed by atoms with Crippen molar-refractivity contribution >= 4 is 13.1 Å². The van der Waals surface area contributed by atoms with E-state index >= 15 is 0 Å². The van der Waals surface area contributed by atoms with Crippen LogP contribution in [0.1, 0.15) is 27.2 Å². The monoisotopic (exact) mass is 216 g/mol. The lowest BCUT2D eigenvalue weighted by molar-refractivity contribution is -0.140. The van der Waals surface area contributed by atoms with Gasteiger partial charge in [-0.05, 0) is 5.66 Å². The molecule has 0 spiro atoms. The zero-order valence-electron chi connectivity index (χ0n) is 9.16. The topological polar surface area (TPSA) is 43.4 Å². The van der Waals surface area contributed by atoms with E-state index in [4.69, 9.17) is 6.42 Å². The number of carbonyl (C=O) groups excluding carboxylic acids is 1. The molecule has 0 saturated heterocycles. The maximum atomic E-state index is 12.2. The lowest BCUT2D eigenvalue weighted by Crippen LogP contribution is -2.17. The average Bonchev–Trinajstić information content (AvgIpc) is 2.11. The fourth-order valence-corrected chi connectivity index (χ4v) is 2.63. The summed E-state index contributed by atoms with van der Waals surface area (Å²) in [5.74, 6) is -0.371. The molecule has 1 atom stereocenters. The predicted molar refractivity (Wildman–Crippen MR) is 57.7 cm³/mol. The molecule has 3 nitrogen and oxygen atoms in total. The van der Waals surface area contributed by atoms with Gasteiger partial charge < -0.3 is 9.30 Å². The summed E-state index contributed by atoms with van der Waals surface area (Å²) in [5.41, 5.74) is 2.35. The molecule has 0 aliphatic carbocycles. The number of hydrogen-bond acceptors (Lipinski definition) is 3. The van der Waals surface area contributed by atoms with Crippen molar-refractivity contribution in [2.75, 3.05) is 13.3 Å². The number of hydrogen-bond donors (Lipinski definition) is 0. The Bertz CT molecular complexity index is 293. The Hall–Kier alpha value is -0.740. The lowest BCUT2D eigenvalue weighted by atomic mass is 10.3. The molecule has 0 saturated carbocycles. The molecule has 0 aliphatic rings. The van der Waals surface area contributed by atoms with Crippen LogP contribution >= 0.6 is 7.14 Å². The Balaban J connectivity index is 4.55.